The number of halogens is 2. The van der Waals surface area contributed by atoms with E-state index in [-0.39, 0.29) is 11.7 Å². The van der Waals surface area contributed by atoms with E-state index in [1.807, 2.05) is 6.07 Å². The van der Waals surface area contributed by atoms with Crippen molar-refractivity contribution in [3.05, 3.63) is 34.1 Å². The molecule has 3 nitrogen and oxygen atoms in total. The molecule has 2 rings (SSSR count). The van der Waals surface area contributed by atoms with Gasteiger partial charge in [-0.2, -0.15) is 0 Å². The number of hydrogen-bond acceptors (Lipinski definition) is 2. The van der Waals surface area contributed by atoms with Gasteiger partial charge in [0.1, 0.15) is 5.82 Å². The zero-order valence-electron chi connectivity index (χ0n) is 10.7. The highest BCUT2D eigenvalue weighted by Gasteiger charge is 2.22. The van der Waals surface area contributed by atoms with Crippen molar-refractivity contribution in [2.45, 2.75) is 38.3 Å². The van der Waals surface area contributed by atoms with Crippen molar-refractivity contribution >= 4 is 21.8 Å². The lowest BCUT2D eigenvalue weighted by Gasteiger charge is -2.06. The number of benzene rings is 1. The van der Waals surface area contributed by atoms with Crippen LogP contribution in [0.4, 0.5) is 4.39 Å². The Labute approximate surface area is 121 Å². The number of rotatable bonds is 7. The number of carbonyl (C=O) groups is 1. The van der Waals surface area contributed by atoms with Crippen LogP contribution >= 0.6 is 15.9 Å². The first-order chi connectivity index (χ1) is 9.15. The maximum Gasteiger partial charge on any atom is 0.220 e. The monoisotopic (exact) mass is 328 g/mol. The van der Waals surface area contributed by atoms with Crippen LogP contribution in [0.2, 0.25) is 0 Å². The van der Waals surface area contributed by atoms with Crippen molar-refractivity contribution in [3.8, 4) is 0 Å². The Bertz CT molecular complexity index is 449. The second-order valence-electron chi connectivity index (χ2n) is 4.87. The summed E-state index contributed by atoms with van der Waals surface area (Å²) in [4.78, 5) is 11.4. The molecule has 0 atom stereocenters. The van der Waals surface area contributed by atoms with E-state index in [9.17, 15) is 9.18 Å². The first-order valence-corrected chi connectivity index (χ1v) is 7.38. The minimum atomic E-state index is -0.247. The SMILES string of the molecule is O=C(CCCNCc1ccc(Br)c(F)c1)NC1CC1. The van der Waals surface area contributed by atoms with Gasteiger partial charge in [-0.1, -0.05) is 6.07 Å². The highest BCUT2D eigenvalue weighted by atomic mass is 79.9. The molecule has 0 aliphatic heterocycles. The lowest BCUT2D eigenvalue weighted by atomic mass is 10.2. The molecule has 1 aromatic rings. The van der Waals surface area contributed by atoms with Crippen LogP contribution in [0.5, 0.6) is 0 Å². The number of nitrogens with one attached hydrogen (secondary N) is 2. The molecule has 104 valence electrons. The van der Waals surface area contributed by atoms with Gasteiger partial charge in [0.2, 0.25) is 5.91 Å². The maximum absolute atomic E-state index is 13.3. The van der Waals surface area contributed by atoms with Crippen molar-refractivity contribution in [1.82, 2.24) is 10.6 Å². The summed E-state index contributed by atoms with van der Waals surface area (Å²) in [6.45, 7) is 1.38. The summed E-state index contributed by atoms with van der Waals surface area (Å²) in [5, 5.41) is 6.17. The van der Waals surface area contributed by atoms with Crippen LogP contribution in [0.1, 0.15) is 31.2 Å². The molecular formula is C14H18BrFN2O. The van der Waals surface area contributed by atoms with Crippen molar-refractivity contribution in [1.29, 1.82) is 0 Å². The summed E-state index contributed by atoms with van der Waals surface area (Å²) < 4.78 is 13.7. The zero-order valence-corrected chi connectivity index (χ0v) is 12.3. The van der Waals surface area contributed by atoms with E-state index in [2.05, 4.69) is 26.6 Å². The van der Waals surface area contributed by atoms with E-state index >= 15 is 0 Å². The van der Waals surface area contributed by atoms with Gasteiger partial charge in [0, 0.05) is 19.0 Å². The molecule has 0 unspecified atom stereocenters. The second kappa shape index (κ2) is 7.01. The summed E-state index contributed by atoms with van der Waals surface area (Å²) in [6, 6.07) is 5.53. The van der Waals surface area contributed by atoms with Gasteiger partial charge in [0.25, 0.3) is 0 Å². The molecule has 2 N–H and O–H groups in total. The van der Waals surface area contributed by atoms with Crippen LogP contribution in [-0.2, 0) is 11.3 Å². The molecule has 0 saturated heterocycles. The highest BCUT2D eigenvalue weighted by molar-refractivity contribution is 9.10. The molecule has 0 radical (unpaired) electrons. The number of carbonyl (C=O) groups excluding carboxylic acids is 1. The van der Waals surface area contributed by atoms with Gasteiger partial charge in [0.05, 0.1) is 4.47 Å². The third-order valence-electron chi connectivity index (χ3n) is 3.01. The molecule has 1 aromatic carbocycles. The van der Waals surface area contributed by atoms with Crippen molar-refractivity contribution in [2.24, 2.45) is 0 Å². The Morgan fingerprint density at radius 2 is 2.21 bits per heavy atom. The Morgan fingerprint density at radius 3 is 2.89 bits per heavy atom. The van der Waals surface area contributed by atoms with Crippen LogP contribution in [0.3, 0.4) is 0 Å². The average Bonchev–Trinajstić information content (AvgIpc) is 3.17. The Morgan fingerprint density at radius 1 is 1.42 bits per heavy atom. The van der Waals surface area contributed by atoms with Crippen LogP contribution in [-0.4, -0.2) is 18.5 Å². The van der Waals surface area contributed by atoms with Crippen LogP contribution < -0.4 is 10.6 Å². The first-order valence-electron chi connectivity index (χ1n) is 6.59. The molecule has 1 saturated carbocycles. The fourth-order valence-corrected chi connectivity index (χ4v) is 2.03. The lowest BCUT2D eigenvalue weighted by molar-refractivity contribution is -0.121. The largest absolute Gasteiger partial charge is 0.353 e. The molecule has 0 bridgehead atoms. The Kier molecular flexibility index (Phi) is 5.34. The molecular weight excluding hydrogens is 311 g/mol. The second-order valence-corrected chi connectivity index (χ2v) is 5.72. The molecule has 0 spiro atoms. The molecule has 0 heterocycles. The standard InChI is InChI=1S/C14H18BrFN2O/c15-12-6-3-10(8-13(12)16)9-17-7-1-2-14(19)18-11-4-5-11/h3,6,8,11,17H,1-2,4-5,7,9H2,(H,18,19). The van der Waals surface area contributed by atoms with E-state index in [4.69, 9.17) is 0 Å². The van der Waals surface area contributed by atoms with E-state index in [1.165, 1.54) is 6.07 Å². The fourth-order valence-electron chi connectivity index (χ4n) is 1.78. The van der Waals surface area contributed by atoms with Gasteiger partial charge in [-0.25, -0.2) is 4.39 Å². The van der Waals surface area contributed by atoms with E-state index in [1.54, 1.807) is 6.07 Å². The average molecular weight is 329 g/mol. The van der Waals surface area contributed by atoms with Crippen molar-refractivity contribution < 1.29 is 9.18 Å². The van der Waals surface area contributed by atoms with E-state index in [0.29, 0.717) is 23.5 Å². The normalized spacial score (nSPS) is 14.4. The topological polar surface area (TPSA) is 41.1 Å². The predicted molar refractivity (Wildman–Crippen MR) is 76.2 cm³/mol. The summed E-state index contributed by atoms with van der Waals surface area (Å²) in [7, 11) is 0. The van der Waals surface area contributed by atoms with Gasteiger partial charge < -0.3 is 10.6 Å². The van der Waals surface area contributed by atoms with Gasteiger partial charge in [-0.15, -0.1) is 0 Å². The predicted octanol–water partition coefficient (Wildman–Crippen LogP) is 2.74. The lowest BCUT2D eigenvalue weighted by Crippen LogP contribution is -2.26. The minimum absolute atomic E-state index is 0.138. The third kappa shape index (κ3) is 5.28. The van der Waals surface area contributed by atoms with Crippen LogP contribution in [0.25, 0.3) is 0 Å². The molecule has 1 amide bonds. The molecule has 1 aliphatic carbocycles. The summed E-state index contributed by atoms with van der Waals surface area (Å²) in [5.41, 5.74) is 0.906. The van der Waals surface area contributed by atoms with Gasteiger partial charge in [0.15, 0.2) is 0 Å². The van der Waals surface area contributed by atoms with Crippen LogP contribution in [0.15, 0.2) is 22.7 Å². The molecule has 5 heteroatoms. The van der Waals surface area contributed by atoms with Crippen molar-refractivity contribution in [3.63, 3.8) is 0 Å². The minimum Gasteiger partial charge on any atom is -0.353 e. The smallest absolute Gasteiger partial charge is 0.220 e. The quantitative estimate of drug-likeness (QED) is 0.755. The number of amides is 1. The molecule has 1 fully saturated rings. The van der Waals surface area contributed by atoms with Gasteiger partial charge in [-0.05, 0) is 59.4 Å². The molecule has 19 heavy (non-hydrogen) atoms. The molecule has 0 aromatic heterocycles. The Balaban J connectivity index is 1.58. The fraction of sp³-hybridized carbons (Fsp3) is 0.500. The van der Waals surface area contributed by atoms with Gasteiger partial charge in [-0.3, -0.25) is 4.79 Å². The molecule has 1 aliphatic rings. The van der Waals surface area contributed by atoms with E-state index in [0.717, 1.165) is 31.4 Å². The Hall–Kier alpha value is -0.940. The summed E-state index contributed by atoms with van der Waals surface area (Å²) >= 11 is 3.12. The van der Waals surface area contributed by atoms with Crippen molar-refractivity contribution in [2.75, 3.05) is 6.54 Å². The summed E-state index contributed by atoms with van der Waals surface area (Å²) in [6.07, 6.45) is 3.61. The number of hydrogen-bond donors (Lipinski definition) is 2. The van der Waals surface area contributed by atoms with E-state index < -0.39 is 0 Å². The van der Waals surface area contributed by atoms with Gasteiger partial charge >= 0.3 is 0 Å². The third-order valence-corrected chi connectivity index (χ3v) is 3.66. The van der Waals surface area contributed by atoms with Crippen LogP contribution in [0, 0.1) is 5.82 Å². The first kappa shape index (κ1) is 14.5. The summed E-state index contributed by atoms with van der Waals surface area (Å²) in [5.74, 6) is -0.109. The maximum atomic E-state index is 13.3. The zero-order chi connectivity index (χ0) is 13.7. The highest BCUT2D eigenvalue weighted by Crippen LogP contribution is 2.18.